The summed E-state index contributed by atoms with van der Waals surface area (Å²) < 4.78 is 27.8. The summed E-state index contributed by atoms with van der Waals surface area (Å²) in [5.74, 6) is -2.05. The summed E-state index contributed by atoms with van der Waals surface area (Å²) in [6.45, 7) is 7.49. The highest BCUT2D eigenvalue weighted by molar-refractivity contribution is 6.01. The first kappa shape index (κ1) is 18.5. The Balaban J connectivity index is 2.17. The summed E-state index contributed by atoms with van der Waals surface area (Å²) >= 11 is 0. The second-order valence-corrected chi connectivity index (χ2v) is 6.21. The third kappa shape index (κ3) is 3.77. The van der Waals surface area contributed by atoms with E-state index in [1.165, 1.54) is 18.2 Å². The molecule has 0 spiro atoms. The van der Waals surface area contributed by atoms with E-state index in [2.05, 4.69) is 16.6 Å². The molecule has 0 saturated heterocycles. The minimum absolute atomic E-state index is 0.0623. The van der Waals surface area contributed by atoms with Crippen molar-refractivity contribution in [3.05, 3.63) is 84.2 Å². The third-order valence-corrected chi connectivity index (χ3v) is 4.17. The van der Waals surface area contributed by atoms with E-state index in [1.54, 1.807) is 38.4 Å². The molecule has 0 aliphatic heterocycles. The van der Waals surface area contributed by atoms with Crippen LogP contribution in [0.25, 0.3) is 16.7 Å². The lowest BCUT2D eigenvalue weighted by Gasteiger charge is -2.13. The lowest BCUT2D eigenvalue weighted by Crippen LogP contribution is -1.96. The number of aliphatic imine (C=N–C) groups is 1. The molecule has 0 saturated carbocycles. The molecule has 0 aliphatic carbocycles. The molecule has 0 aliphatic rings. The second-order valence-electron chi connectivity index (χ2n) is 6.21. The maximum Gasteiger partial charge on any atom is 0.166 e. The number of phenolic OH excluding ortho intramolecular Hbond substituents is 1. The van der Waals surface area contributed by atoms with E-state index in [4.69, 9.17) is 0 Å². The molecule has 5 heteroatoms. The highest BCUT2D eigenvalue weighted by Crippen LogP contribution is 2.40. The van der Waals surface area contributed by atoms with Crippen LogP contribution in [-0.4, -0.2) is 15.8 Å². The Morgan fingerprint density at radius 1 is 1.11 bits per heavy atom. The minimum Gasteiger partial charge on any atom is -0.506 e. The van der Waals surface area contributed by atoms with E-state index in [-0.39, 0.29) is 11.3 Å². The standard InChI is InChI=1S/C22H18F2N2O/c1-13(2)18-10-16(17-7-4-8-19(23)21(17)24)11-20(27)22(18)26-14(3)15-6-5-9-25-12-15/h4-12,27H,1H2,2-3H3. The quantitative estimate of drug-likeness (QED) is 0.585. The van der Waals surface area contributed by atoms with Gasteiger partial charge in [-0.15, -0.1) is 0 Å². The van der Waals surface area contributed by atoms with Gasteiger partial charge in [0.25, 0.3) is 0 Å². The number of phenols is 1. The summed E-state index contributed by atoms with van der Waals surface area (Å²) in [4.78, 5) is 8.58. The molecular weight excluding hydrogens is 346 g/mol. The molecule has 0 bridgehead atoms. The molecule has 0 fully saturated rings. The average Bonchev–Trinajstić information content (AvgIpc) is 2.65. The molecule has 0 atom stereocenters. The number of pyridine rings is 1. The van der Waals surface area contributed by atoms with Crippen molar-refractivity contribution in [1.29, 1.82) is 0 Å². The number of halogens is 2. The van der Waals surface area contributed by atoms with E-state index < -0.39 is 11.6 Å². The van der Waals surface area contributed by atoms with Crippen LogP contribution in [0, 0.1) is 11.6 Å². The molecule has 0 amide bonds. The fourth-order valence-corrected chi connectivity index (χ4v) is 2.75. The molecule has 136 valence electrons. The molecule has 1 aromatic heterocycles. The van der Waals surface area contributed by atoms with Gasteiger partial charge in [0, 0.05) is 34.8 Å². The van der Waals surface area contributed by atoms with E-state index in [9.17, 15) is 13.9 Å². The van der Waals surface area contributed by atoms with Crippen molar-refractivity contribution in [3.8, 4) is 16.9 Å². The lowest BCUT2D eigenvalue weighted by molar-refractivity contribution is 0.476. The van der Waals surface area contributed by atoms with Crippen molar-refractivity contribution in [2.75, 3.05) is 0 Å². The van der Waals surface area contributed by atoms with E-state index in [0.29, 0.717) is 28.1 Å². The zero-order chi connectivity index (χ0) is 19.6. The Kier molecular flexibility index (Phi) is 5.12. The smallest absolute Gasteiger partial charge is 0.166 e. The maximum atomic E-state index is 14.2. The largest absolute Gasteiger partial charge is 0.506 e. The van der Waals surface area contributed by atoms with Crippen LogP contribution in [0.5, 0.6) is 5.75 Å². The molecule has 0 radical (unpaired) electrons. The summed E-state index contributed by atoms with van der Waals surface area (Å²) in [5.41, 5.74) is 3.39. The highest BCUT2D eigenvalue weighted by Gasteiger charge is 2.16. The van der Waals surface area contributed by atoms with Gasteiger partial charge in [-0.25, -0.2) is 13.8 Å². The zero-order valence-electron chi connectivity index (χ0n) is 15.0. The van der Waals surface area contributed by atoms with Gasteiger partial charge in [0.2, 0.25) is 0 Å². The van der Waals surface area contributed by atoms with Crippen molar-refractivity contribution in [1.82, 2.24) is 4.98 Å². The van der Waals surface area contributed by atoms with Crippen LogP contribution in [0.4, 0.5) is 14.5 Å². The van der Waals surface area contributed by atoms with E-state index in [1.807, 2.05) is 6.07 Å². The highest BCUT2D eigenvalue weighted by atomic mass is 19.2. The number of benzene rings is 2. The predicted octanol–water partition coefficient (Wildman–Crippen LogP) is 5.91. The summed E-state index contributed by atoms with van der Waals surface area (Å²) in [5, 5.41) is 10.6. The van der Waals surface area contributed by atoms with Crippen LogP contribution < -0.4 is 0 Å². The SMILES string of the molecule is C=C(C)c1cc(-c2cccc(F)c2F)cc(O)c1N=C(C)c1cccnc1. The Morgan fingerprint density at radius 3 is 2.56 bits per heavy atom. The number of rotatable bonds is 4. The average molecular weight is 364 g/mol. The third-order valence-electron chi connectivity index (χ3n) is 4.17. The van der Waals surface area contributed by atoms with Crippen molar-refractivity contribution >= 4 is 17.0 Å². The normalized spacial score (nSPS) is 11.5. The monoisotopic (exact) mass is 364 g/mol. The Hall–Kier alpha value is -3.34. The summed E-state index contributed by atoms with van der Waals surface area (Å²) in [6, 6.07) is 10.6. The van der Waals surface area contributed by atoms with Crippen LogP contribution in [0.2, 0.25) is 0 Å². The molecule has 1 heterocycles. The molecule has 3 rings (SSSR count). The van der Waals surface area contributed by atoms with Gasteiger partial charge in [0.1, 0.15) is 11.4 Å². The van der Waals surface area contributed by atoms with Crippen LogP contribution in [-0.2, 0) is 0 Å². The number of allylic oxidation sites excluding steroid dienone is 1. The fraction of sp³-hybridized carbons (Fsp3) is 0.0909. The van der Waals surface area contributed by atoms with Crippen LogP contribution >= 0.6 is 0 Å². The molecule has 1 N–H and O–H groups in total. The van der Waals surface area contributed by atoms with Crippen molar-refractivity contribution < 1.29 is 13.9 Å². The molecule has 3 nitrogen and oxygen atoms in total. The first-order chi connectivity index (χ1) is 12.9. The summed E-state index contributed by atoms with van der Waals surface area (Å²) in [6.07, 6.45) is 3.34. The number of aromatic nitrogens is 1. The number of hydrogen-bond acceptors (Lipinski definition) is 3. The fourth-order valence-electron chi connectivity index (χ4n) is 2.75. The van der Waals surface area contributed by atoms with Gasteiger partial charge >= 0.3 is 0 Å². The van der Waals surface area contributed by atoms with Gasteiger partial charge in [-0.05, 0) is 49.2 Å². The van der Waals surface area contributed by atoms with Gasteiger partial charge in [-0.1, -0.05) is 24.8 Å². The lowest BCUT2D eigenvalue weighted by atomic mass is 9.97. The number of hydrogen-bond donors (Lipinski definition) is 1. The van der Waals surface area contributed by atoms with Crippen molar-refractivity contribution in [2.45, 2.75) is 13.8 Å². The second kappa shape index (κ2) is 7.50. The van der Waals surface area contributed by atoms with Crippen LogP contribution in [0.1, 0.15) is 25.0 Å². The molecule has 2 aromatic carbocycles. The number of nitrogens with zero attached hydrogens (tertiary/aromatic N) is 2. The Bertz CT molecular complexity index is 1040. The minimum atomic E-state index is -0.965. The molecule has 0 unspecified atom stereocenters. The van der Waals surface area contributed by atoms with Crippen LogP contribution in [0.15, 0.2) is 66.4 Å². The van der Waals surface area contributed by atoms with Crippen LogP contribution in [0.3, 0.4) is 0 Å². The number of aromatic hydroxyl groups is 1. The van der Waals surface area contributed by atoms with Crippen molar-refractivity contribution in [3.63, 3.8) is 0 Å². The Morgan fingerprint density at radius 2 is 1.89 bits per heavy atom. The van der Waals surface area contributed by atoms with E-state index in [0.717, 1.165) is 11.6 Å². The summed E-state index contributed by atoms with van der Waals surface area (Å²) in [7, 11) is 0. The first-order valence-electron chi connectivity index (χ1n) is 8.31. The van der Waals surface area contributed by atoms with Gasteiger partial charge in [0.05, 0.1) is 0 Å². The maximum absolute atomic E-state index is 14.2. The Labute approximate surface area is 156 Å². The van der Waals surface area contributed by atoms with Gasteiger partial charge in [-0.2, -0.15) is 0 Å². The molecular formula is C22H18F2N2O. The zero-order valence-corrected chi connectivity index (χ0v) is 15.0. The van der Waals surface area contributed by atoms with E-state index >= 15 is 0 Å². The molecule has 3 aromatic rings. The molecule has 27 heavy (non-hydrogen) atoms. The van der Waals surface area contributed by atoms with Gasteiger partial charge in [0.15, 0.2) is 11.6 Å². The topological polar surface area (TPSA) is 45.5 Å². The predicted molar refractivity (Wildman–Crippen MR) is 104 cm³/mol. The van der Waals surface area contributed by atoms with Gasteiger partial charge in [-0.3, -0.25) is 4.98 Å². The first-order valence-corrected chi connectivity index (χ1v) is 8.31. The van der Waals surface area contributed by atoms with Gasteiger partial charge < -0.3 is 5.11 Å². The van der Waals surface area contributed by atoms with Crippen molar-refractivity contribution in [2.24, 2.45) is 4.99 Å².